The van der Waals surface area contributed by atoms with Crippen LogP contribution in [0.5, 0.6) is 0 Å². The molecule has 80 valence electrons. The van der Waals surface area contributed by atoms with Crippen LogP contribution in [0.3, 0.4) is 0 Å². The first kappa shape index (κ1) is 10.7. The van der Waals surface area contributed by atoms with Crippen LogP contribution in [0.25, 0.3) is 10.0 Å². The first-order valence-electron chi connectivity index (χ1n) is 4.90. The topological polar surface area (TPSA) is 37.8 Å². The second-order valence-electron chi connectivity index (χ2n) is 3.19. The lowest BCUT2D eigenvalue weighted by Gasteiger charge is -2.07. The molecule has 0 aliphatic carbocycles. The lowest BCUT2D eigenvalue weighted by atomic mass is 10.2. The lowest BCUT2D eigenvalue weighted by Crippen LogP contribution is -2.17. The van der Waals surface area contributed by atoms with Gasteiger partial charge in [0.15, 0.2) is 10.0 Å². The van der Waals surface area contributed by atoms with Crippen molar-refractivity contribution in [2.24, 2.45) is 0 Å². The van der Waals surface area contributed by atoms with Crippen LogP contribution in [0.2, 0.25) is 0 Å². The van der Waals surface area contributed by atoms with Gasteiger partial charge in [0.05, 0.1) is 5.69 Å². The average molecular weight is 239 g/mol. The van der Waals surface area contributed by atoms with Crippen molar-refractivity contribution in [3.05, 3.63) is 22.7 Å². The van der Waals surface area contributed by atoms with Crippen molar-refractivity contribution in [1.82, 2.24) is 15.3 Å². The summed E-state index contributed by atoms with van der Waals surface area (Å²) in [5.41, 5.74) is 1.10. The van der Waals surface area contributed by atoms with Gasteiger partial charge in [-0.15, -0.1) is 22.7 Å². The first-order chi connectivity index (χ1) is 7.31. The minimum absolute atomic E-state index is 0.319. The Kier molecular flexibility index (Phi) is 3.45. The van der Waals surface area contributed by atoms with Crippen LogP contribution in [0.4, 0.5) is 0 Å². The third-order valence-electron chi connectivity index (χ3n) is 2.09. The summed E-state index contributed by atoms with van der Waals surface area (Å²) in [6.45, 7) is 5.19. The standard InChI is InChI=1S/C10H13N3S2/c1-3-11-7(2)8-6-15-10(13-8)9-12-4-5-14-9/h4-7,11H,3H2,1-2H3. The van der Waals surface area contributed by atoms with E-state index in [9.17, 15) is 0 Å². The zero-order valence-corrected chi connectivity index (χ0v) is 10.4. The van der Waals surface area contributed by atoms with E-state index < -0.39 is 0 Å². The van der Waals surface area contributed by atoms with Gasteiger partial charge < -0.3 is 5.32 Å². The molecule has 0 saturated carbocycles. The van der Waals surface area contributed by atoms with E-state index >= 15 is 0 Å². The Bertz CT molecular complexity index is 408. The van der Waals surface area contributed by atoms with Gasteiger partial charge in [0.2, 0.25) is 0 Å². The van der Waals surface area contributed by atoms with Gasteiger partial charge in [-0.25, -0.2) is 9.97 Å². The molecule has 0 saturated heterocycles. The van der Waals surface area contributed by atoms with Crippen molar-refractivity contribution in [2.45, 2.75) is 19.9 Å². The molecule has 1 atom stereocenters. The van der Waals surface area contributed by atoms with Gasteiger partial charge in [0.25, 0.3) is 0 Å². The van der Waals surface area contributed by atoms with Crippen molar-refractivity contribution >= 4 is 22.7 Å². The van der Waals surface area contributed by atoms with Crippen LogP contribution in [0.15, 0.2) is 17.0 Å². The van der Waals surface area contributed by atoms with Crippen LogP contribution in [0.1, 0.15) is 25.6 Å². The number of hydrogen-bond acceptors (Lipinski definition) is 5. The largest absolute Gasteiger partial charge is 0.309 e. The van der Waals surface area contributed by atoms with Crippen molar-refractivity contribution < 1.29 is 0 Å². The van der Waals surface area contributed by atoms with E-state index in [1.54, 1.807) is 22.7 Å². The van der Waals surface area contributed by atoms with E-state index in [0.29, 0.717) is 6.04 Å². The molecule has 1 unspecified atom stereocenters. The number of nitrogens with one attached hydrogen (secondary N) is 1. The molecule has 1 N–H and O–H groups in total. The summed E-state index contributed by atoms with van der Waals surface area (Å²) in [7, 11) is 0. The summed E-state index contributed by atoms with van der Waals surface area (Å²) in [6, 6.07) is 0.319. The van der Waals surface area contributed by atoms with Gasteiger partial charge in [-0.1, -0.05) is 6.92 Å². The molecule has 5 heteroatoms. The Morgan fingerprint density at radius 3 is 2.93 bits per heavy atom. The van der Waals surface area contributed by atoms with Gasteiger partial charge in [-0.3, -0.25) is 0 Å². The Morgan fingerprint density at radius 1 is 1.40 bits per heavy atom. The molecule has 0 amide bonds. The molecule has 0 radical (unpaired) electrons. The summed E-state index contributed by atoms with van der Waals surface area (Å²) in [5, 5.41) is 9.45. The Labute approximate surface area is 97.2 Å². The molecule has 2 aromatic rings. The van der Waals surface area contributed by atoms with E-state index in [4.69, 9.17) is 0 Å². The van der Waals surface area contributed by atoms with E-state index in [0.717, 1.165) is 22.3 Å². The van der Waals surface area contributed by atoms with Gasteiger partial charge >= 0.3 is 0 Å². The molecular formula is C10H13N3S2. The molecule has 0 aromatic carbocycles. The summed E-state index contributed by atoms with van der Waals surface area (Å²) in [6.07, 6.45) is 1.81. The van der Waals surface area contributed by atoms with Gasteiger partial charge in [-0.05, 0) is 13.5 Å². The molecule has 3 nitrogen and oxygen atoms in total. The van der Waals surface area contributed by atoms with Gasteiger partial charge in [0.1, 0.15) is 0 Å². The van der Waals surface area contributed by atoms with Gasteiger partial charge in [-0.2, -0.15) is 0 Å². The van der Waals surface area contributed by atoms with E-state index in [2.05, 4.69) is 34.5 Å². The van der Waals surface area contributed by atoms with Crippen LogP contribution >= 0.6 is 22.7 Å². The third kappa shape index (κ3) is 2.42. The zero-order chi connectivity index (χ0) is 10.7. The first-order valence-corrected chi connectivity index (χ1v) is 6.66. The molecular weight excluding hydrogens is 226 g/mol. The normalized spacial score (nSPS) is 12.9. The minimum Gasteiger partial charge on any atom is -0.309 e. The molecule has 2 heterocycles. The number of nitrogens with zero attached hydrogens (tertiary/aromatic N) is 2. The van der Waals surface area contributed by atoms with Crippen molar-refractivity contribution in [1.29, 1.82) is 0 Å². The van der Waals surface area contributed by atoms with E-state index in [-0.39, 0.29) is 0 Å². The second-order valence-corrected chi connectivity index (χ2v) is 4.95. The molecule has 0 aliphatic rings. The average Bonchev–Trinajstić information content (AvgIpc) is 2.89. The predicted molar refractivity (Wildman–Crippen MR) is 65.3 cm³/mol. The highest BCUT2D eigenvalue weighted by Gasteiger charge is 2.11. The summed E-state index contributed by atoms with van der Waals surface area (Å²) >= 11 is 3.29. The van der Waals surface area contributed by atoms with Gasteiger partial charge in [0, 0.05) is 23.0 Å². The van der Waals surface area contributed by atoms with Crippen LogP contribution < -0.4 is 5.32 Å². The maximum Gasteiger partial charge on any atom is 0.152 e. The lowest BCUT2D eigenvalue weighted by molar-refractivity contribution is 0.587. The fraction of sp³-hybridized carbons (Fsp3) is 0.400. The van der Waals surface area contributed by atoms with Crippen molar-refractivity contribution in [2.75, 3.05) is 6.54 Å². The number of rotatable bonds is 4. The van der Waals surface area contributed by atoms with E-state index in [1.807, 2.05) is 11.6 Å². The fourth-order valence-electron chi connectivity index (χ4n) is 1.32. The van der Waals surface area contributed by atoms with Crippen LogP contribution in [-0.4, -0.2) is 16.5 Å². The summed E-state index contributed by atoms with van der Waals surface area (Å²) in [5.74, 6) is 0. The molecule has 15 heavy (non-hydrogen) atoms. The number of aromatic nitrogens is 2. The quantitative estimate of drug-likeness (QED) is 0.891. The minimum atomic E-state index is 0.319. The van der Waals surface area contributed by atoms with E-state index in [1.165, 1.54) is 0 Å². The second kappa shape index (κ2) is 4.83. The van der Waals surface area contributed by atoms with Crippen molar-refractivity contribution in [3.63, 3.8) is 0 Å². The Balaban J connectivity index is 2.17. The molecule has 2 aromatic heterocycles. The SMILES string of the molecule is CCNC(C)c1csc(-c2nccs2)n1. The van der Waals surface area contributed by atoms with Crippen LogP contribution in [0, 0.1) is 0 Å². The molecule has 2 rings (SSSR count). The fourth-order valence-corrected chi connectivity index (χ4v) is 2.93. The monoisotopic (exact) mass is 239 g/mol. The number of hydrogen-bond donors (Lipinski definition) is 1. The smallest absolute Gasteiger partial charge is 0.152 e. The molecule has 0 bridgehead atoms. The maximum atomic E-state index is 4.58. The molecule has 0 fully saturated rings. The van der Waals surface area contributed by atoms with Crippen LogP contribution in [-0.2, 0) is 0 Å². The highest BCUT2D eigenvalue weighted by Crippen LogP contribution is 2.27. The van der Waals surface area contributed by atoms with Crippen molar-refractivity contribution in [3.8, 4) is 10.0 Å². The summed E-state index contributed by atoms with van der Waals surface area (Å²) < 4.78 is 0. The molecule has 0 aliphatic heterocycles. The zero-order valence-electron chi connectivity index (χ0n) is 8.73. The maximum absolute atomic E-state index is 4.58. The molecule has 0 spiro atoms. The Hall–Kier alpha value is -0.780. The summed E-state index contributed by atoms with van der Waals surface area (Å²) in [4.78, 5) is 8.83. The third-order valence-corrected chi connectivity index (χ3v) is 3.87. The highest BCUT2D eigenvalue weighted by atomic mass is 32.1. The number of thiazole rings is 2. The predicted octanol–water partition coefficient (Wildman–Crippen LogP) is 2.94. The highest BCUT2D eigenvalue weighted by molar-refractivity contribution is 7.19. The Morgan fingerprint density at radius 2 is 2.27 bits per heavy atom.